The number of urea groups is 1. The number of carbonyl (C=O) groups is 2. The van der Waals surface area contributed by atoms with Crippen LogP contribution in [0.25, 0.3) is 0 Å². The van der Waals surface area contributed by atoms with Gasteiger partial charge in [0.15, 0.2) is 0 Å². The van der Waals surface area contributed by atoms with E-state index in [1.54, 1.807) is 31.4 Å². The number of nitrogens with zero attached hydrogens (tertiary/aromatic N) is 1. The number of nitrogens with two attached hydrogens (primary N) is 1. The van der Waals surface area contributed by atoms with Crippen LogP contribution in [0.3, 0.4) is 0 Å². The highest BCUT2D eigenvalue weighted by Crippen LogP contribution is 2.16. The summed E-state index contributed by atoms with van der Waals surface area (Å²) in [6, 6.07) is 6.05. The Bertz CT molecular complexity index is 539. The quantitative estimate of drug-likeness (QED) is 0.699. The fraction of sp³-hybridized carbons (Fsp3) is 0.529. The largest absolute Gasteiger partial charge is 0.383 e. The van der Waals surface area contributed by atoms with E-state index in [1.165, 1.54) is 0 Å². The average Bonchev–Trinajstić information content (AvgIpc) is 2.59. The molecule has 0 spiro atoms. The van der Waals surface area contributed by atoms with E-state index in [0.29, 0.717) is 23.7 Å². The van der Waals surface area contributed by atoms with Crippen molar-refractivity contribution in [1.82, 2.24) is 10.2 Å². The minimum Gasteiger partial charge on any atom is -0.383 e. The summed E-state index contributed by atoms with van der Waals surface area (Å²) in [6.07, 6.45) is 2.18. The van der Waals surface area contributed by atoms with Gasteiger partial charge in [-0.2, -0.15) is 0 Å². The van der Waals surface area contributed by atoms with Gasteiger partial charge in [-0.15, -0.1) is 0 Å². The molecular weight excluding hydrogens is 308 g/mol. The molecule has 132 valence electrons. The molecule has 1 saturated heterocycles. The van der Waals surface area contributed by atoms with Gasteiger partial charge in [0.25, 0.3) is 5.91 Å². The second-order valence-electron chi connectivity index (χ2n) is 6.05. The van der Waals surface area contributed by atoms with Gasteiger partial charge in [-0.3, -0.25) is 4.79 Å². The fourth-order valence-electron chi connectivity index (χ4n) is 2.82. The van der Waals surface area contributed by atoms with Crippen molar-refractivity contribution in [1.29, 1.82) is 0 Å². The van der Waals surface area contributed by atoms with Crippen molar-refractivity contribution in [2.75, 3.05) is 45.2 Å². The molecule has 0 aromatic heterocycles. The molecule has 24 heavy (non-hydrogen) atoms. The lowest BCUT2D eigenvalue weighted by Gasteiger charge is -2.31. The maximum atomic E-state index is 12.2. The van der Waals surface area contributed by atoms with Crippen LogP contribution in [0.2, 0.25) is 0 Å². The zero-order chi connectivity index (χ0) is 17.4. The Morgan fingerprint density at radius 3 is 2.50 bits per heavy atom. The number of amides is 3. The molecule has 2 rings (SSSR count). The maximum Gasteiger partial charge on any atom is 0.316 e. The average molecular weight is 334 g/mol. The number of ether oxygens (including phenoxy) is 1. The molecule has 1 heterocycles. The lowest BCUT2D eigenvalue weighted by Crippen LogP contribution is -2.39. The number of primary amides is 1. The lowest BCUT2D eigenvalue weighted by atomic mass is 9.96. The van der Waals surface area contributed by atoms with Crippen molar-refractivity contribution in [2.45, 2.75) is 12.8 Å². The SMILES string of the molecule is COCCN1CCC(CNC(=O)c2ccc(NC(N)=O)cc2)CC1. The molecule has 1 fully saturated rings. The highest BCUT2D eigenvalue weighted by atomic mass is 16.5. The second kappa shape index (κ2) is 9.24. The Labute approximate surface area is 142 Å². The number of hydrogen-bond donors (Lipinski definition) is 3. The minimum atomic E-state index is -0.621. The van der Waals surface area contributed by atoms with E-state index in [1.807, 2.05) is 0 Å². The molecule has 4 N–H and O–H groups in total. The van der Waals surface area contributed by atoms with Gasteiger partial charge in [0.1, 0.15) is 0 Å². The van der Waals surface area contributed by atoms with Crippen LogP contribution < -0.4 is 16.4 Å². The third-order valence-electron chi connectivity index (χ3n) is 4.28. The molecule has 1 aromatic carbocycles. The monoisotopic (exact) mass is 334 g/mol. The van der Waals surface area contributed by atoms with Crippen LogP contribution in [0.5, 0.6) is 0 Å². The lowest BCUT2D eigenvalue weighted by molar-refractivity contribution is 0.0926. The zero-order valence-corrected chi connectivity index (χ0v) is 14.1. The van der Waals surface area contributed by atoms with Crippen LogP contribution in [0.4, 0.5) is 10.5 Å². The molecule has 0 bridgehead atoms. The summed E-state index contributed by atoms with van der Waals surface area (Å²) in [4.78, 5) is 25.3. The number of benzene rings is 1. The summed E-state index contributed by atoms with van der Waals surface area (Å²) in [5.74, 6) is 0.422. The van der Waals surface area contributed by atoms with E-state index in [0.717, 1.165) is 39.1 Å². The summed E-state index contributed by atoms with van der Waals surface area (Å²) < 4.78 is 5.10. The van der Waals surface area contributed by atoms with Gasteiger partial charge in [-0.25, -0.2) is 4.79 Å². The van der Waals surface area contributed by atoms with Gasteiger partial charge in [0, 0.05) is 31.5 Å². The standard InChI is InChI=1S/C17H26N4O3/c1-24-11-10-21-8-6-13(7-9-21)12-19-16(22)14-2-4-15(5-3-14)20-17(18)23/h2-5,13H,6-12H2,1H3,(H,19,22)(H3,18,20,23). The normalized spacial score (nSPS) is 15.9. The molecule has 0 aliphatic carbocycles. The molecule has 0 radical (unpaired) electrons. The number of nitrogens with one attached hydrogen (secondary N) is 2. The van der Waals surface area contributed by atoms with Crippen LogP contribution >= 0.6 is 0 Å². The molecule has 1 aliphatic heterocycles. The van der Waals surface area contributed by atoms with E-state index in [-0.39, 0.29) is 5.91 Å². The Morgan fingerprint density at radius 1 is 1.25 bits per heavy atom. The van der Waals surface area contributed by atoms with Gasteiger partial charge in [0.05, 0.1) is 6.61 Å². The van der Waals surface area contributed by atoms with Crippen LogP contribution in [0.15, 0.2) is 24.3 Å². The third kappa shape index (κ3) is 5.82. The van der Waals surface area contributed by atoms with Gasteiger partial charge >= 0.3 is 6.03 Å². The maximum absolute atomic E-state index is 12.2. The summed E-state index contributed by atoms with van der Waals surface area (Å²) >= 11 is 0. The fourth-order valence-corrected chi connectivity index (χ4v) is 2.82. The van der Waals surface area contributed by atoms with E-state index in [4.69, 9.17) is 10.5 Å². The van der Waals surface area contributed by atoms with Gasteiger partial charge < -0.3 is 26.0 Å². The summed E-state index contributed by atoms with van der Waals surface area (Å²) in [7, 11) is 1.72. The molecule has 0 saturated carbocycles. The Morgan fingerprint density at radius 2 is 1.92 bits per heavy atom. The second-order valence-corrected chi connectivity index (χ2v) is 6.05. The smallest absolute Gasteiger partial charge is 0.316 e. The number of piperidine rings is 1. The highest BCUT2D eigenvalue weighted by molar-refractivity contribution is 5.95. The Balaban J connectivity index is 1.72. The number of rotatable bonds is 7. The number of methoxy groups -OCH3 is 1. The van der Waals surface area contributed by atoms with Crippen molar-refractivity contribution in [2.24, 2.45) is 11.7 Å². The zero-order valence-electron chi connectivity index (χ0n) is 14.1. The van der Waals surface area contributed by atoms with Crippen LogP contribution in [0, 0.1) is 5.92 Å². The highest BCUT2D eigenvalue weighted by Gasteiger charge is 2.19. The minimum absolute atomic E-state index is 0.0950. The molecule has 0 unspecified atom stereocenters. The van der Waals surface area contributed by atoms with E-state index >= 15 is 0 Å². The molecule has 1 aliphatic rings. The molecular formula is C17H26N4O3. The molecule has 0 atom stereocenters. The predicted molar refractivity (Wildman–Crippen MR) is 93.0 cm³/mol. The van der Waals surface area contributed by atoms with Crippen molar-refractivity contribution in [3.8, 4) is 0 Å². The molecule has 3 amide bonds. The Hall–Kier alpha value is -2.12. The first-order valence-corrected chi connectivity index (χ1v) is 8.24. The van der Waals surface area contributed by atoms with Crippen LogP contribution in [-0.4, -0.2) is 56.7 Å². The Kier molecular flexibility index (Phi) is 7.02. The van der Waals surface area contributed by atoms with Crippen molar-refractivity contribution < 1.29 is 14.3 Å². The first kappa shape index (κ1) is 18.2. The van der Waals surface area contributed by atoms with Crippen LogP contribution in [-0.2, 0) is 4.74 Å². The van der Waals surface area contributed by atoms with Gasteiger partial charge in [-0.05, 0) is 56.1 Å². The molecule has 7 nitrogen and oxygen atoms in total. The molecule has 1 aromatic rings. The third-order valence-corrected chi connectivity index (χ3v) is 4.28. The van der Waals surface area contributed by atoms with Crippen molar-refractivity contribution in [3.63, 3.8) is 0 Å². The van der Waals surface area contributed by atoms with E-state index in [9.17, 15) is 9.59 Å². The first-order valence-electron chi connectivity index (χ1n) is 8.24. The summed E-state index contributed by atoms with van der Waals surface area (Å²) in [5.41, 5.74) is 6.19. The van der Waals surface area contributed by atoms with Crippen LogP contribution in [0.1, 0.15) is 23.2 Å². The predicted octanol–water partition coefficient (Wildman–Crippen LogP) is 1.27. The topological polar surface area (TPSA) is 96.7 Å². The van der Waals surface area contributed by atoms with Gasteiger partial charge in [0.2, 0.25) is 0 Å². The van der Waals surface area contributed by atoms with Gasteiger partial charge in [-0.1, -0.05) is 0 Å². The summed E-state index contributed by atoms with van der Waals surface area (Å²) in [6.45, 7) is 4.54. The molecule has 7 heteroatoms. The van der Waals surface area contributed by atoms with Crippen molar-refractivity contribution in [3.05, 3.63) is 29.8 Å². The summed E-state index contributed by atoms with van der Waals surface area (Å²) in [5, 5.41) is 5.46. The first-order chi connectivity index (χ1) is 11.6. The van der Waals surface area contributed by atoms with E-state index in [2.05, 4.69) is 15.5 Å². The van der Waals surface area contributed by atoms with E-state index < -0.39 is 6.03 Å². The number of likely N-dealkylation sites (tertiary alicyclic amines) is 1. The number of anilines is 1. The number of hydrogen-bond acceptors (Lipinski definition) is 4. The number of carbonyl (C=O) groups excluding carboxylic acids is 2. The van der Waals surface area contributed by atoms with Crippen molar-refractivity contribution >= 4 is 17.6 Å².